The summed E-state index contributed by atoms with van der Waals surface area (Å²) < 4.78 is 11.1. The molecule has 0 bridgehead atoms. The van der Waals surface area contributed by atoms with Crippen LogP contribution in [0.15, 0.2) is 52.9 Å². The van der Waals surface area contributed by atoms with Crippen molar-refractivity contribution in [2.75, 3.05) is 19.0 Å². The van der Waals surface area contributed by atoms with Crippen molar-refractivity contribution in [2.24, 2.45) is 0 Å². The number of esters is 1. The number of nitrogens with zero attached hydrogens (tertiary/aromatic N) is 2. The predicted molar refractivity (Wildman–Crippen MR) is 122 cm³/mol. The highest BCUT2D eigenvalue weighted by molar-refractivity contribution is 8.00. The Morgan fingerprint density at radius 3 is 2.68 bits per heavy atom. The number of nitrogens with one attached hydrogen (secondary N) is 1. The van der Waals surface area contributed by atoms with Gasteiger partial charge >= 0.3 is 5.97 Å². The number of aromatic nitrogens is 2. The number of benzene rings is 2. The fraction of sp³-hybridized carbons (Fsp3) is 0.273. The van der Waals surface area contributed by atoms with Gasteiger partial charge < -0.3 is 14.8 Å². The van der Waals surface area contributed by atoms with Crippen molar-refractivity contribution in [2.45, 2.75) is 29.9 Å². The molecular formula is C22H23N3O4S2. The molecule has 0 aliphatic heterocycles. The maximum Gasteiger partial charge on any atom is 0.337 e. The minimum absolute atomic E-state index is 0.112. The lowest BCUT2D eigenvalue weighted by Crippen LogP contribution is -2.12. The number of carbonyl (C=O) groups excluding carboxylic acids is 2. The number of amides is 1. The van der Waals surface area contributed by atoms with Crippen LogP contribution in [0.3, 0.4) is 0 Å². The SMILES string of the molecule is COC(=O)c1ccc(CSc2nnc(NC(=O)CCCOc3cccc(C)c3)s2)cc1. The van der Waals surface area contributed by atoms with Crippen molar-refractivity contribution >= 4 is 40.1 Å². The fourth-order valence-electron chi connectivity index (χ4n) is 2.63. The van der Waals surface area contributed by atoms with Gasteiger partial charge in [-0.1, -0.05) is 47.4 Å². The van der Waals surface area contributed by atoms with Crippen LogP contribution in [-0.4, -0.2) is 35.8 Å². The van der Waals surface area contributed by atoms with Crippen LogP contribution >= 0.6 is 23.1 Å². The highest BCUT2D eigenvalue weighted by Gasteiger charge is 2.10. The van der Waals surface area contributed by atoms with E-state index in [0.717, 1.165) is 21.2 Å². The lowest BCUT2D eigenvalue weighted by Gasteiger charge is -2.06. The summed E-state index contributed by atoms with van der Waals surface area (Å²) in [7, 11) is 1.36. The highest BCUT2D eigenvalue weighted by atomic mass is 32.2. The Morgan fingerprint density at radius 2 is 1.94 bits per heavy atom. The smallest absolute Gasteiger partial charge is 0.337 e. The number of hydrogen-bond donors (Lipinski definition) is 1. The Bertz CT molecular complexity index is 1020. The maximum atomic E-state index is 12.1. The van der Waals surface area contributed by atoms with E-state index in [4.69, 9.17) is 9.47 Å². The first kappa shape index (κ1) is 22.8. The van der Waals surface area contributed by atoms with Gasteiger partial charge in [-0.25, -0.2) is 4.79 Å². The molecular weight excluding hydrogens is 434 g/mol. The summed E-state index contributed by atoms with van der Waals surface area (Å²) in [5, 5.41) is 11.4. The zero-order valence-corrected chi connectivity index (χ0v) is 18.9. The summed E-state index contributed by atoms with van der Waals surface area (Å²) in [4.78, 5) is 23.6. The van der Waals surface area contributed by atoms with Crippen molar-refractivity contribution in [3.05, 3.63) is 65.2 Å². The van der Waals surface area contributed by atoms with Gasteiger partial charge in [-0.3, -0.25) is 4.79 Å². The molecule has 2 aromatic carbocycles. The molecule has 7 nitrogen and oxygen atoms in total. The summed E-state index contributed by atoms with van der Waals surface area (Å²) >= 11 is 2.85. The second-order valence-electron chi connectivity index (χ2n) is 6.67. The van der Waals surface area contributed by atoms with E-state index in [0.29, 0.717) is 35.9 Å². The number of methoxy groups -OCH3 is 1. The number of rotatable bonds is 10. The highest BCUT2D eigenvalue weighted by Crippen LogP contribution is 2.28. The molecule has 0 atom stereocenters. The number of hydrogen-bond acceptors (Lipinski definition) is 8. The summed E-state index contributed by atoms with van der Waals surface area (Å²) in [6.45, 7) is 2.48. The maximum absolute atomic E-state index is 12.1. The molecule has 0 spiro atoms. The number of thioether (sulfide) groups is 1. The normalized spacial score (nSPS) is 10.5. The lowest BCUT2D eigenvalue weighted by atomic mass is 10.1. The quantitative estimate of drug-likeness (QED) is 0.204. The second-order valence-corrected chi connectivity index (χ2v) is 8.87. The molecule has 0 fully saturated rings. The fourth-order valence-corrected chi connectivity index (χ4v) is 4.35. The Labute approximate surface area is 189 Å². The third kappa shape index (κ3) is 7.37. The van der Waals surface area contributed by atoms with Crippen molar-refractivity contribution < 1.29 is 19.1 Å². The summed E-state index contributed by atoms with van der Waals surface area (Å²) in [5.41, 5.74) is 2.70. The first-order chi connectivity index (χ1) is 15.0. The van der Waals surface area contributed by atoms with Gasteiger partial charge in [0.15, 0.2) is 4.34 Å². The minimum Gasteiger partial charge on any atom is -0.494 e. The van der Waals surface area contributed by atoms with Crippen LogP contribution in [0.25, 0.3) is 0 Å². The number of aryl methyl sites for hydroxylation is 1. The van der Waals surface area contributed by atoms with Crippen LogP contribution < -0.4 is 10.1 Å². The van der Waals surface area contributed by atoms with Crippen LogP contribution in [-0.2, 0) is 15.3 Å². The number of anilines is 1. The zero-order valence-electron chi connectivity index (χ0n) is 17.3. The third-order valence-corrected chi connectivity index (χ3v) is 6.24. The Morgan fingerprint density at radius 1 is 1.13 bits per heavy atom. The second kappa shape index (κ2) is 11.5. The molecule has 9 heteroatoms. The Hall–Kier alpha value is -2.91. The average Bonchev–Trinajstić information content (AvgIpc) is 3.22. The van der Waals surface area contributed by atoms with Crippen molar-refractivity contribution in [3.8, 4) is 5.75 Å². The Balaban J connectivity index is 1.38. The molecule has 0 radical (unpaired) electrons. The van der Waals surface area contributed by atoms with E-state index < -0.39 is 0 Å². The van der Waals surface area contributed by atoms with E-state index in [-0.39, 0.29) is 11.9 Å². The standard InChI is InChI=1S/C22H23N3O4S2/c1-15-5-3-6-18(13-15)29-12-4-7-19(26)23-21-24-25-22(31-21)30-14-16-8-10-17(11-9-16)20(27)28-2/h3,5-6,8-11,13H,4,7,12,14H2,1-2H3,(H,23,24,26). The van der Waals surface area contributed by atoms with Crippen LogP contribution in [0.5, 0.6) is 5.75 Å². The van der Waals surface area contributed by atoms with Gasteiger partial charge in [0, 0.05) is 12.2 Å². The molecule has 0 aliphatic carbocycles. The first-order valence-electron chi connectivity index (χ1n) is 9.66. The number of carbonyl (C=O) groups is 2. The molecule has 0 aliphatic rings. The molecule has 0 unspecified atom stereocenters. The average molecular weight is 458 g/mol. The molecule has 3 aromatic rings. The van der Waals surface area contributed by atoms with E-state index >= 15 is 0 Å². The van der Waals surface area contributed by atoms with Crippen LogP contribution in [0, 0.1) is 6.92 Å². The molecule has 1 aromatic heterocycles. The number of ether oxygens (including phenoxy) is 2. The monoisotopic (exact) mass is 457 g/mol. The molecule has 0 saturated heterocycles. The molecule has 1 amide bonds. The van der Waals surface area contributed by atoms with Crippen molar-refractivity contribution in [1.29, 1.82) is 0 Å². The summed E-state index contributed by atoms with van der Waals surface area (Å²) in [5.74, 6) is 1.02. The van der Waals surface area contributed by atoms with E-state index in [1.165, 1.54) is 30.2 Å². The van der Waals surface area contributed by atoms with Gasteiger partial charge in [-0.05, 0) is 48.7 Å². The molecule has 1 heterocycles. The van der Waals surface area contributed by atoms with Gasteiger partial charge in [-0.2, -0.15) is 0 Å². The van der Waals surface area contributed by atoms with Crippen molar-refractivity contribution in [3.63, 3.8) is 0 Å². The van der Waals surface area contributed by atoms with E-state index in [1.54, 1.807) is 12.1 Å². The topological polar surface area (TPSA) is 90.4 Å². The largest absolute Gasteiger partial charge is 0.494 e. The molecule has 31 heavy (non-hydrogen) atoms. The molecule has 1 N–H and O–H groups in total. The summed E-state index contributed by atoms with van der Waals surface area (Å²) in [6.07, 6.45) is 0.960. The van der Waals surface area contributed by atoms with Crippen LogP contribution in [0.4, 0.5) is 5.13 Å². The Kier molecular flexibility index (Phi) is 8.43. The first-order valence-corrected chi connectivity index (χ1v) is 11.5. The van der Waals surface area contributed by atoms with Crippen LogP contribution in [0.2, 0.25) is 0 Å². The molecule has 162 valence electrons. The zero-order chi connectivity index (χ0) is 22.1. The van der Waals surface area contributed by atoms with Gasteiger partial charge in [0.2, 0.25) is 11.0 Å². The van der Waals surface area contributed by atoms with E-state index in [1.807, 2.05) is 43.3 Å². The van der Waals surface area contributed by atoms with Gasteiger partial charge in [0.25, 0.3) is 0 Å². The van der Waals surface area contributed by atoms with Gasteiger partial charge in [0.1, 0.15) is 5.75 Å². The predicted octanol–water partition coefficient (Wildman–Crippen LogP) is 4.72. The molecule has 0 saturated carbocycles. The molecule has 3 rings (SSSR count). The van der Waals surface area contributed by atoms with Crippen LogP contribution in [0.1, 0.15) is 34.3 Å². The summed E-state index contributed by atoms with van der Waals surface area (Å²) in [6, 6.07) is 15.0. The van der Waals surface area contributed by atoms with E-state index in [2.05, 4.69) is 15.5 Å². The van der Waals surface area contributed by atoms with Gasteiger partial charge in [0.05, 0.1) is 19.3 Å². The van der Waals surface area contributed by atoms with E-state index in [9.17, 15) is 9.59 Å². The minimum atomic E-state index is -0.356. The van der Waals surface area contributed by atoms with Gasteiger partial charge in [-0.15, -0.1) is 10.2 Å². The van der Waals surface area contributed by atoms with Crippen molar-refractivity contribution in [1.82, 2.24) is 10.2 Å². The lowest BCUT2D eigenvalue weighted by molar-refractivity contribution is -0.116. The third-order valence-electron chi connectivity index (χ3n) is 4.20.